The zero-order valence-electron chi connectivity index (χ0n) is 15.1. The Hall–Kier alpha value is -2.16. The minimum Gasteiger partial charge on any atom is -0.360 e. The van der Waals surface area contributed by atoms with Crippen molar-refractivity contribution in [3.8, 4) is 0 Å². The fraction of sp³-hybridized carbons (Fsp3) is 0.389. The molecule has 1 aliphatic rings. The second-order valence-corrected chi connectivity index (χ2v) is 8.84. The number of nitrogens with one attached hydrogen (secondary N) is 1. The number of piperazine rings is 1. The van der Waals surface area contributed by atoms with Gasteiger partial charge in [-0.15, -0.1) is 0 Å². The van der Waals surface area contributed by atoms with E-state index >= 15 is 0 Å². The molecule has 26 heavy (non-hydrogen) atoms. The third-order valence-electron chi connectivity index (χ3n) is 4.72. The summed E-state index contributed by atoms with van der Waals surface area (Å²) >= 11 is 0. The molecule has 1 aliphatic heterocycles. The number of nitrogens with zero attached hydrogens (tertiary/aromatic N) is 3. The van der Waals surface area contributed by atoms with Crippen molar-refractivity contribution in [1.82, 2.24) is 8.87 Å². The first-order chi connectivity index (χ1) is 12.4. The van der Waals surface area contributed by atoms with E-state index in [0.29, 0.717) is 6.67 Å². The topological polar surface area (TPSA) is 67.1 Å². The van der Waals surface area contributed by atoms with Gasteiger partial charge in [-0.2, -0.15) is 0 Å². The number of benzene rings is 1. The average molecular weight is 377 g/mol. The van der Waals surface area contributed by atoms with E-state index in [1.807, 2.05) is 18.2 Å². The highest BCUT2D eigenvalue weighted by Crippen LogP contribution is 2.12. The van der Waals surface area contributed by atoms with E-state index in [1.165, 1.54) is 47.6 Å². The molecule has 1 saturated heterocycles. The van der Waals surface area contributed by atoms with Gasteiger partial charge in [-0.05, 0) is 18.2 Å². The van der Waals surface area contributed by atoms with Gasteiger partial charge in [0.05, 0.1) is 31.1 Å². The van der Waals surface area contributed by atoms with Crippen LogP contribution in [0, 0.1) is 0 Å². The molecule has 8 heteroatoms. The van der Waals surface area contributed by atoms with E-state index in [1.54, 1.807) is 0 Å². The molecule has 0 saturated carbocycles. The molecule has 0 amide bonds. The summed E-state index contributed by atoms with van der Waals surface area (Å²) in [6.07, 6.45) is 1.45. The molecule has 3 rings (SSSR count). The van der Waals surface area contributed by atoms with Gasteiger partial charge in [0.25, 0.3) is 5.56 Å². The van der Waals surface area contributed by atoms with Crippen LogP contribution >= 0.6 is 0 Å². The van der Waals surface area contributed by atoms with Crippen molar-refractivity contribution in [3.63, 3.8) is 0 Å². The number of quaternary nitrogens is 1. The minimum absolute atomic E-state index is 0.143. The van der Waals surface area contributed by atoms with Crippen LogP contribution in [0.25, 0.3) is 0 Å². The summed E-state index contributed by atoms with van der Waals surface area (Å²) in [4.78, 5) is 15.9. The number of hydrogen-bond donors (Lipinski definition) is 1. The average Bonchev–Trinajstić information content (AvgIpc) is 2.64. The Bertz CT molecular complexity index is 902. The highest BCUT2D eigenvalue weighted by molar-refractivity contribution is 7.89. The lowest BCUT2D eigenvalue weighted by Gasteiger charge is -2.33. The lowest BCUT2D eigenvalue weighted by Crippen LogP contribution is -3.14. The lowest BCUT2D eigenvalue weighted by atomic mass is 10.2. The summed E-state index contributed by atoms with van der Waals surface area (Å²) in [5.41, 5.74) is 1.03. The molecule has 2 heterocycles. The Morgan fingerprint density at radius 2 is 1.69 bits per heavy atom. The summed E-state index contributed by atoms with van der Waals surface area (Å²) in [6, 6.07) is 13.0. The maximum absolute atomic E-state index is 12.3. The van der Waals surface area contributed by atoms with Gasteiger partial charge in [0.1, 0.15) is 0 Å². The molecule has 0 bridgehead atoms. The number of para-hydroxylation sites is 1. The number of anilines is 1. The molecule has 1 aromatic heterocycles. The molecule has 1 N–H and O–H groups in total. The first kappa shape index (κ1) is 18.6. The van der Waals surface area contributed by atoms with Crippen molar-refractivity contribution in [2.24, 2.45) is 0 Å². The third kappa shape index (κ3) is 3.98. The van der Waals surface area contributed by atoms with E-state index in [0.717, 1.165) is 30.5 Å². The van der Waals surface area contributed by atoms with Crippen molar-refractivity contribution in [1.29, 1.82) is 0 Å². The van der Waals surface area contributed by atoms with Crippen molar-refractivity contribution in [2.75, 3.05) is 45.2 Å². The van der Waals surface area contributed by atoms with Crippen LogP contribution < -0.4 is 15.4 Å². The fourth-order valence-electron chi connectivity index (χ4n) is 3.12. The fourth-order valence-corrected chi connectivity index (χ4v) is 4.04. The second kappa shape index (κ2) is 7.61. The van der Waals surface area contributed by atoms with Gasteiger partial charge in [-0.1, -0.05) is 18.2 Å². The van der Waals surface area contributed by atoms with Gasteiger partial charge in [0, 0.05) is 32.0 Å². The number of aromatic nitrogens is 1. The van der Waals surface area contributed by atoms with Gasteiger partial charge in [0.2, 0.25) is 10.0 Å². The van der Waals surface area contributed by atoms with E-state index in [2.05, 4.69) is 17.0 Å². The highest BCUT2D eigenvalue weighted by atomic mass is 32.2. The quantitative estimate of drug-likeness (QED) is 0.760. The SMILES string of the molecule is CN(C)S(=O)(=O)c1ccc(=O)n(C[NH+]2CCN(c3ccccc3)CC2)c1. The van der Waals surface area contributed by atoms with Crippen LogP contribution in [-0.2, 0) is 16.7 Å². The maximum atomic E-state index is 12.3. The predicted molar refractivity (Wildman–Crippen MR) is 101 cm³/mol. The molecule has 0 atom stereocenters. The number of hydrogen-bond acceptors (Lipinski definition) is 4. The second-order valence-electron chi connectivity index (χ2n) is 6.69. The van der Waals surface area contributed by atoms with Crippen LogP contribution in [0.15, 0.2) is 58.4 Å². The molecule has 7 nitrogen and oxygen atoms in total. The standard InChI is InChI=1S/C18H24N4O3S/c1-19(2)26(24,25)17-8-9-18(23)22(14-17)15-20-10-12-21(13-11-20)16-6-4-3-5-7-16/h3-9,14H,10-13,15H2,1-2H3/p+1. The Morgan fingerprint density at radius 1 is 1.04 bits per heavy atom. The van der Waals surface area contributed by atoms with Crippen LogP contribution in [0.3, 0.4) is 0 Å². The van der Waals surface area contributed by atoms with Crippen LogP contribution in [0.1, 0.15) is 0 Å². The van der Waals surface area contributed by atoms with Crippen molar-refractivity contribution < 1.29 is 13.3 Å². The Balaban J connectivity index is 1.70. The minimum atomic E-state index is -3.55. The molecule has 0 radical (unpaired) electrons. The van der Waals surface area contributed by atoms with Gasteiger partial charge in [0.15, 0.2) is 6.67 Å². The van der Waals surface area contributed by atoms with Crippen molar-refractivity contribution in [2.45, 2.75) is 11.6 Å². The summed E-state index contributed by atoms with van der Waals surface area (Å²) in [5.74, 6) is 0. The number of sulfonamides is 1. The van der Waals surface area contributed by atoms with Crippen LogP contribution in [0.5, 0.6) is 0 Å². The molecule has 0 spiro atoms. The zero-order valence-corrected chi connectivity index (χ0v) is 15.9. The van der Waals surface area contributed by atoms with E-state index in [9.17, 15) is 13.2 Å². The highest BCUT2D eigenvalue weighted by Gasteiger charge is 2.22. The van der Waals surface area contributed by atoms with E-state index in [4.69, 9.17) is 0 Å². The van der Waals surface area contributed by atoms with Crippen LogP contribution in [0.2, 0.25) is 0 Å². The molecule has 1 fully saturated rings. The molecule has 0 unspecified atom stereocenters. The van der Waals surface area contributed by atoms with Gasteiger partial charge in [-0.3, -0.25) is 9.36 Å². The monoisotopic (exact) mass is 377 g/mol. The summed E-state index contributed by atoms with van der Waals surface area (Å²) in [7, 11) is -0.576. The Kier molecular flexibility index (Phi) is 5.45. The number of pyridine rings is 1. The first-order valence-corrected chi connectivity index (χ1v) is 10.1. The van der Waals surface area contributed by atoms with E-state index in [-0.39, 0.29) is 10.5 Å². The number of rotatable bonds is 5. The normalized spacial score (nSPS) is 16.2. The van der Waals surface area contributed by atoms with Gasteiger partial charge in [-0.25, -0.2) is 12.7 Å². The van der Waals surface area contributed by atoms with Gasteiger partial charge >= 0.3 is 0 Å². The molecule has 2 aromatic rings. The van der Waals surface area contributed by atoms with Crippen LogP contribution in [0.4, 0.5) is 5.69 Å². The summed E-state index contributed by atoms with van der Waals surface area (Å²) < 4.78 is 27.2. The van der Waals surface area contributed by atoms with Gasteiger partial charge < -0.3 is 9.80 Å². The molecule has 0 aliphatic carbocycles. The molecule has 1 aromatic carbocycles. The lowest BCUT2D eigenvalue weighted by molar-refractivity contribution is -0.923. The molecular weight excluding hydrogens is 352 g/mol. The van der Waals surface area contributed by atoms with Crippen molar-refractivity contribution >= 4 is 15.7 Å². The van der Waals surface area contributed by atoms with Crippen LogP contribution in [-0.4, -0.2) is 57.6 Å². The first-order valence-electron chi connectivity index (χ1n) is 8.64. The Morgan fingerprint density at radius 3 is 2.31 bits per heavy atom. The Labute approximate surface area is 154 Å². The summed E-state index contributed by atoms with van der Waals surface area (Å²) in [6.45, 7) is 4.07. The smallest absolute Gasteiger partial charge is 0.254 e. The summed E-state index contributed by atoms with van der Waals surface area (Å²) in [5, 5.41) is 0. The third-order valence-corrected chi connectivity index (χ3v) is 6.52. The van der Waals surface area contributed by atoms with E-state index < -0.39 is 10.0 Å². The largest absolute Gasteiger partial charge is 0.360 e. The zero-order chi connectivity index (χ0) is 18.7. The molecule has 140 valence electrons. The maximum Gasteiger partial charge on any atom is 0.254 e. The molecular formula is C18H25N4O3S+. The van der Waals surface area contributed by atoms with Crippen molar-refractivity contribution in [3.05, 3.63) is 59.0 Å². The predicted octanol–water partition coefficient (Wildman–Crippen LogP) is -0.539.